The largest absolute Gasteiger partial charge is 0.325 e. The Morgan fingerprint density at radius 3 is 2.44 bits per heavy atom. The predicted octanol–water partition coefficient (Wildman–Crippen LogP) is 1.73. The zero-order valence-corrected chi connectivity index (χ0v) is 10.7. The van der Waals surface area contributed by atoms with E-state index in [1.54, 1.807) is 0 Å². The number of hydrogen-bond acceptors (Lipinski definition) is 3. The molecule has 1 N–H and O–H groups in total. The first-order valence-corrected chi connectivity index (χ1v) is 6.97. The van der Waals surface area contributed by atoms with Crippen molar-refractivity contribution in [1.29, 1.82) is 0 Å². The maximum Gasteiger partial charge on any atom is 0.242 e. The summed E-state index contributed by atoms with van der Waals surface area (Å²) in [4.78, 5) is 11.6. The maximum atomic E-state index is 12.9. The minimum absolute atomic E-state index is 0.0112. The zero-order valence-electron chi connectivity index (χ0n) is 9.91. The van der Waals surface area contributed by atoms with E-state index >= 15 is 0 Å². The van der Waals surface area contributed by atoms with E-state index in [9.17, 15) is 22.0 Å². The van der Waals surface area contributed by atoms with Crippen molar-refractivity contribution in [3.05, 3.63) is 29.8 Å². The summed E-state index contributed by atoms with van der Waals surface area (Å²) in [6, 6.07) is 2.80. The van der Waals surface area contributed by atoms with E-state index in [0.717, 1.165) is 18.2 Å². The Kier molecular flexibility index (Phi) is 4.39. The summed E-state index contributed by atoms with van der Waals surface area (Å²) in [7, 11) is -3.52. The summed E-state index contributed by atoms with van der Waals surface area (Å²) >= 11 is 0. The standard InChI is InChI=1S/C11H13F2NO3S/c1-3-18(16,17)7(2)11(15)14-8-4-5-9(12)10(13)6-8/h4-7H,3H2,1-2H3,(H,14,15)/t7-/m1/s1. The molecule has 18 heavy (non-hydrogen) atoms. The van der Waals surface area contributed by atoms with Crippen LogP contribution in [0.25, 0.3) is 0 Å². The number of benzene rings is 1. The third kappa shape index (κ3) is 3.25. The van der Waals surface area contributed by atoms with E-state index in [-0.39, 0.29) is 11.4 Å². The minimum Gasteiger partial charge on any atom is -0.325 e. The number of nitrogens with one attached hydrogen (secondary N) is 1. The summed E-state index contributed by atoms with van der Waals surface area (Å²) in [5.74, 6) is -3.09. The lowest BCUT2D eigenvalue weighted by atomic mass is 10.3. The number of sulfone groups is 1. The Hall–Kier alpha value is -1.50. The van der Waals surface area contributed by atoms with Gasteiger partial charge in [-0.25, -0.2) is 17.2 Å². The van der Waals surface area contributed by atoms with Crippen LogP contribution in [0.4, 0.5) is 14.5 Å². The predicted molar refractivity (Wildman–Crippen MR) is 63.9 cm³/mol. The SMILES string of the molecule is CCS(=O)(=O)[C@H](C)C(=O)Nc1ccc(F)c(F)c1. The first-order chi connectivity index (χ1) is 8.27. The first kappa shape index (κ1) is 14.6. The summed E-state index contributed by atoms with van der Waals surface area (Å²) < 4.78 is 48.5. The van der Waals surface area contributed by atoms with Gasteiger partial charge in [0.25, 0.3) is 0 Å². The molecule has 1 rings (SSSR count). The van der Waals surface area contributed by atoms with Crippen LogP contribution >= 0.6 is 0 Å². The molecule has 0 aliphatic rings. The average molecular weight is 277 g/mol. The van der Waals surface area contributed by atoms with Crippen LogP contribution < -0.4 is 5.32 Å². The van der Waals surface area contributed by atoms with E-state index < -0.39 is 32.6 Å². The van der Waals surface area contributed by atoms with Gasteiger partial charge in [-0.3, -0.25) is 4.79 Å². The van der Waals surface area contributed by atoms with Crippen LogP contribution in [-0.2, 0) is 14.6 Å². The molecule has 0 aromatic heterocycles. The Bertz CT molecular complexity index is 557. The molecule has 0 bridgehead atoms. The van der Waals surface area contributed by atoms with Crippen LogP contribution in [-0.4, -0.2) is 25.3 Å². The van der Waals surface area contributed by atoms with Crippen LogP contribution in [0.1, 0.15) is 13.8 Å². The van der Waals surface area contributed by atoms with E-state index in [2.05, 4.69) is 5.32 Å². The lowest BCUT2D eigenvalue weighted by Gasteiger charge is -2.12. The fraction of sp³-hybridized carbons (Fsp3) is 0.364. The van der Waals surface area contributed by atoms with Gasteiger partial charge in [0.1, 0.15) is 5.25 Å². The van der Waals surface area contributed by atoms with Crippen molar-refractivity contribution in [2.45, 2.75) is 19.1 Å². The molecule has 1 aromatic rings. The molecule has 0 saturated carbocycles. The second-order valence-electron chi connectivity index (χ2n) is 3.71. The van der Waals surface area contributed by atoms with Crippen LogP contribution in [0.3, 0.4) is 0 Å². The molecule has 7 heteroatoms. The Morgan fingerprint density at radius 1 is 1.33 bits per heavy atom. The Morgan fingerprint density at radius 2 is 1.94 bits per heavy atom. The van der Waals surface area contributed by atoms with Crippen molar-refractivity contribution in [3.8, 4) is 0 Å². The summed E-state index contributed by atoms with van der Waals surface area (Å²) in [6.07, 6.45) is 0. The second kappa shape index (κ2) is 5.43. The highest BCUT2D eigenvalue weighted by molar-refractivity contribution is 7.92. The van der Waals surface area contributed by atoms with Gasteiger partial charge in [-0.05, 0) is 19.1 Å². The highest BCUT2D eigenvalue weighted by atomic mass is 32.2. The normalized spacial score (nSPS) is 13.1. The maximum absolute atomic E-state index is 12.9. The van der Waals surface area contributed by atoms with Crippen LogP contribution in [0, 0.1) is 11.6 Å². The smallest absolute Gasteiger partial charge is 0.242 e. The van der Waals surface area contributed by atoms with Crippen molar-refractivity contribution in [2.24, 2.45) is 0 Å². The quantitative estimate of drug-likeness (QED) is 0.911. The van der Waals surface area contributed by atoms with E-state index in [1.807, 2.05) is 0 Å². The molecular formula is C11H13F2NO3S. The van der Waals surface area contributed by atoms with Crippen LogP contribution in [0.5, 0.6) is 0 Å². The highest BCUT2D eigenvalue weighted by Gasteiger charge is 2.26. The molecule has 0 fully saturated rings. The van der Waals surface area contributed by atoms with Gasteiger partial charge in [-0.2, -0.15) is 0 Å². The number of carbonyl (C=O) groups is 1. The van der Waals surface area contributed by atoms with Gasteiger partial charge in [-0.1, -0.05) is 6.92 Å². The molecule has 0 aliphatic heterocycles. The van der Waals surface area contributed by atoms with Crippen molar-refractivity contribution in [2.75, 3.05) is 11.1 Å². The van der Waals surface area contributed by atoms with Crippen LogP contribution in [0.2, 0.25) is 0 Å². The van der Waals surface area contributed by atoms with Gasteiger partial charge in [0.15, 0.2) is 21.5 Å². The lowest BCUT2D eigenvalue weighted by molar-refractivity contribution is -0.115. The topological polar surface area (TPSA) is 63.2 Å². The Balaban J connectivity index is 2.85. The highest BCUT2D eigenvalue weighted by Crippen LogP contribution is 2.14. The molecule has 100 valence electrons. The number of halogens is 2. The molecule has 1 atom stereocenters. The van der Waals surface area contributed by atoms with Crippen molar-refractivity contribution in [1.82, 2.24) is 0 Å². The van der Waals surface area contributed by atoms with Gasteiger partial charge < -0.3 is 5.32 Å². The third-order valence-corrected chi connectivity index (χ3v) is 4.59. The van der Waals surface area contributed by atoms with Gasteiger partial charge >= 0.3 is 0 Å². The zero-order chi connectivity index (χ0) is 13.9. The molecule has 1 amide bonds. The van der Waals surface area contributed by atoms with Gasteiger partial charge in [0.2, 0.25) is 5.91 Å². The molecule has 0 unspecified atom stereocenters. The molecular weight excluding hydrogens is 264 g/mol. The fourth-order valence-corrected chi connectivity index (χ4v) is 2.12. The fourth-order valence-electron chi connectivity index (χ4n) is 1.23. The Labute approximate surface area is 104 Å². The summed E-state index contributed by atoms with van der Waals surface area (Å²) in [6.45, 7) is 2.67. The number of anilines is 1. The molecule has 0 radical (unpaired) electrons. The molecule has 0 heterocycles. The van der Waals surface area contributed by atoms with Gasteiger partial charge in [-0.15, -0.1) is 0 Å². The second-order valence-corrected chi connectivity index (χ2v) is 6.32. The van der Waals surface area contributed by atoms with Gasteiger partial charge in [0.05, 0.1) is 0 Å². The van der Waals surface area contributed by atoms with E-state index in [1.165, 1.54) is 13.8 Å². The van der Waals surface area contributed by atoms with Crippen LogP contribution in [0.15, 0.2) is 18.2 Å². The lowest BCUT2D eigenvalue weighted by Crippen LogP contribution is -2.33. The molecule has 4 nitrogen and oxygen atoms in total. The van der Waals surface area contributed by atoms with E-state index in [4.69, 9.17) is 0 Å². The van der Waals surface area contributed by atoms with E-state index in [0.29, 0.717) is 0 Å². The summed E-state index contributed by atoms with van der Waals surface area (Å²) in [5, 5.41) is 0.985. The summed E-state index contributed by atoms with van der Waals surface area (Å²) in [5.41, 5.74) is 0.0112. The third-order valence-electron chi connectivity index (χ3n) is 2.50. The molecule has 1 aromatic carbocycles. The molecule has 0 saturated heterocycles. The first-order valence-electron chi connectivity index (χ1n) is 5.25. The van der Waals surface area contributed by atoms with Crippen molar-refractivity contribution >= 4 is 21.4 Å². The minimum atomic E-state index is -3.52. The monoisotopic (exact) mass is 277 g/mol. The average Bonchev–Trinajstić information content (AvgIpc) is 2.32. The van der Waals surface area contributed by atoms with Crippen molar-refractivity contribution in [3.63, 3.8) is 0 Å². The van der Waals surface area contributed by atoms with Crippen molar-refractivity contribution < 1.29 is 22.0 Å². The number of amides is 1. The molecule has 0 spiro atoms. The molecule has 0 aliphatic carbocycles. The number of hydrogen-bond donors (Lipinski definition) is 1. The number of carbonyl (C=O) groups excluding carboxylic acids is 1. The van der Waals surface area contributed by atoms with Gasteiger partial charge in [0, 0.05) is 17.5 Å². The number of rotatable bonds is 4.